The third kappa shape index (κ3) is 2.21. The van der Waals surface area contributed by atoms with Crippen molar-refractivity contribution in [3.63, 3.8) is 0 Å². The number of hydrogen-bond acceptors (Lipinski definition) is 5. The highest BCUT2D eigenvalue weighted by atomic mass is 32.1. The molecule has 0 aliphatic rings. The molecule has 2 aromatic rings. The predicted molar refractivity (Wildman–Crippen MR) is 55.5 cm³/mol. The number of anilines is 1. The second-order valence-corrected chi connectivity index (χ2v) is 3.61. The molecule has 0 atom stereocenters. The van der Waals surface area contributed by atoms with E-state index >= 15 is 0 Å². The van der Waals surface area contributed by atoms with Crippen LogP contribution in [0, 0.1) is 12.7 Å². The van der Waals surface area contributed by atoms with Gasteiger partial charge in [0.2, 0.25) is 0 Å². The van der Waals surface area contributed by atoms with Crippen LogP contribution in [-0.2, 0) is 0 Å². The zero-order valence-corrected chi connectivity index (χ0v) is 8.71. The molecule has 1 aromatic heterocycles. The van der Waals surface area contributed by atoms with Gasteiger partial charge in [0, 0.05) is 23.3 Å². The lowest BCUT2D eigenvalue weighted by atomic mass is 10.3. The first-order valence-electron chi connectivity index (χ1n) is 4.18. The summed E-state index contributed by atoms with van der Waals surface area (Å²) in [6.07, 6.45) is 0. The molecule has 2 N–H and O–H groups in total. The Balaban J connectivity index is 2.24. The van der Waals surface area contributed by atoms with Gasteiger partial charge in [0.1, 0.15) is 5.82 Å². The summed E-state index contributed by atoms with van der Waals surface area (Å²) in [7, 11) is 0. The van der Waals surface area contributed by atoms with E-state index in [9.17, 15) is 4.39 Å². The number of nitrogens with zero attached hydrogens (tertiary/aromatic N) is 2. The lowest BCUT2D eigenvalue weighted by Gasteiger charge is -2.02. The van der Waals surface area contributed by atoms with Gasteiger partial charge in [0.15, 0.2) is 11.6 Å². The van der Waals surface area contributed by atoms with E-state index < -0.39 is 5.82 Å². The largest absolute Gasteiger partial charge is 0.427 e. The van der Waals surface area contributed by atoms with Gasteiger partial charge in [-0.25, -0.2) is 4.39 Å². The van der Waals surface area contributed by atoms with Crippen LogP contribution in [-0.4, -0.2) is 9.36 Å². The number of ether oxygens (including phenoxy) is 1. The molecule has 0 bridgehead atoms. The van der Waals surface area contributed by atoms with Crippen molar-refractivity contribution in [2.45, 2.75) is 6.92 Å². The molecule has 2 rings (SSSR count). The van der Waals surface area contributed by atoms with Crippen LogP contribution in [0.2, 0.25) is 0 Å². The number of nitrogen functional groups attached to an aromatic ring is 1. The van der Waals surface area contributed by atoms with Crippen LogP contribution in [0.3, 0.4) is 0 Å². The van der Waals surface area contributed by atoms with Gasteiger partial charge in [-0.05, 0) is 19.1 Å². The number of rotatable bonds is 2. The zero-order chi connectivity index (χ0) is 10.8. The monoisotopic (exact) mass is 225 g/mol. The second kappa shape index (κ2) is 3.82. The maximum Gasteiger partial charge on any atom is 0.298 e. The van der Waals surface area contributed by atoms with Crippen molar-refractivity contribution < 1.29 is 9.13 Å². The van der Waals surface area contributed by atoms with Gasteiger partial charge in [-0.15, -0.1) is 0 Å². The maximum atomic E-state index is 13.3. The summed E-state index contributed by atoms with van der Waals surface area (Å²) in [5.41, 5.74) is 5.76. The summed E-state index contributed by atoms with van der Waals surface area (Å²) in [6.45, 7) is 1.74. The van der Waals surface area contributed by atoms with Crippen molar-refractivity contribution in [3.05, 3.63) is 29.8 Å². The lowest BCUT2D eigenvalue weighted by molar-refractivity contribution is 0.439. The van der Waals surface area contributed by atoms with Crippen LogP contribution in [0.4, 0.5) is 10.1 Å². The van der Waals surface area contributed by atoms with Crippen molar-refractivity contribution in [1.82, 2.24) is 9.36 Å². The number of aromatic nitrogens is 2. The van der Waals surface area contributed by atoms with Crippen molar-refractivity contribution in [1.29, 1.82) is 0 Å². The number of aryl methyl sites for hydroxylation is 1. The Morgan fingerprint density at radius 3 is 2.87 bits per heavy atom. The van der Waals surface area contributed by atoms with E-state index in [4.69, 9.17) is 10.5 Å². The molecule has 78 valence electrons. The minimum absolute atomic E-state index is 0.0975. The SMILES string of the molecule is Cc1nsc(Oc2ccc(N)cc2F)n1. The van der Waals surface area contributed by atoms with Crippen LogP contribution in [0.25, 0.3) is 0 Å². The van der Waals surface area contributed by atoms with Gasteiger partial charge in [0.25, 0.3) is 5.19 Å². The summed E-state index contributed by atoms with van der Waals surface area (Å²) >= 11 is 1.08. The van der Waals surface area contributed by atoms with Crippen molar-refractivity contribution in [2.75, 3.05) is 5.73 Å². The molecule has 0 radical (unpaired) electrons. The van der Waals surface area contributed by atoms with Crippen LogP contribution < -0.4 is 10.5 Å². The van der Waals surface area contributed by atoms with E-state index in [1.54, 1.807) is 13.0 Å². The molecule has 6 heteroatoms. The molecular weight excluding hydrogens is 217 g/mol. The molecule has 0 saturated heterocycles. The Morgan fingerprint density at radius 1 is 1.47 bits per heavy atom. The van der Waals surface area contributed by atoms with Gasteiger partial charge in [-0.1, -0.05) is 0 Å². The minimum Gasteiger partial charge on any atom is -0.427 e. The average Bonchev–Trinajstić information content (AvgIpc) is 2.56. The molecule has 0 aliphatic carbocycles. The van der Waals surface area contributed by atoms with Crippen molar-refractivity contribution >= 4 is 17.2 Å². The Kier molecular flexibility index (Phi) is 2.51. The summed E-state index contributed by atoms with van der Waals surface area (Å²) in [6, 6.07) is 4.22. The summed E-state index contributed by atoms with van der Waals surface area (Å²) in [5, 5.41) is 0.316. The first-order chi connectivity index (χ1) is 7.15. The molecule has 0 unspecified atom stereocenters. The highest BCUT2D eigenvalue weighted by Gasteiger charge is 2.07. The lowest BCUT2D eigenvalue weighted by Crippen LogP contribution is -1.91. The molecule has 0 fully saturated rings. The molecule has 0 amide bonds. The highest BCUT2D eigenvalue weighted by molar-refractivity contribution is 7.07. The number of benzene rings is 1. The predicted octanol–water partition coefficient (Wildman–Crippen LogP) is 2.36. The third-order valence-electron chi connectivity index (χ3n) is 1.66. The fourth-order valence-corrected chi connectivity index (χ4v) is 1.56. The fraction of sp³-hybridized carbons (Fsp3) is 0.111. The van der Waals surface area contributed by atoms with Crippen LogP contribution in [0.5, 0.6) is 10.9 Å². The minimum atomic E-state index is -0.511. The van der Waals surface area contributed by atoms with Crippen LogP contribution in [0.15, 0.2) is 18.2 Å². The summed E-state index contributed by atoms with van der Waals surface area (Å²) in [4.78, 5) is 3.96. The van der Waals surface area contributed by atoms with Crippen molar-refractivity contribution in [3.8, 4) is 10.9 Å². The molecule has 0 saturated carbocycles. The Bertz CT molecular complexity index is 486. The van der Waals surface area contributed by atoms with Crippen LogP contribution >= 0.6 is 11.5 Å². The van der Waals surface area contributed by atoms with Crippen LogP contribution in [0.1, 0.15) is 5.82 Å². The maximum absolute atomic E-state index is 13.3. The van der Waals surface area contributed by atoms with E-state index in [1.807, 2.05) is 0 Å². The van der Waals surface area contributed by atoms with Gasteiger partial charge in [-0.3, -0.25) is 0 Å². The first-order valence-corrected chi connectivity index (χ1v) is 4.95. The Hall–Kier alpha value is -1.69. The Morgan fingerprint density at radius 2 is 2.27 bits per heavy atom. The first kappa shape index (κ1) is 9.85. The topological polar surface area (TPSA) is 61.0 Å². The van der Waals surface area contributed by atoms with E-state index in [1.165, 1.54) is 12.1 Å². The highest BCUT2D eigenvalue weighted by Crippen LogP contribution is 2.26. The quantitative estimate of drug-likeness (QED) is 0.797. The van der Waals surface area contributed by atoms with Gasteiger partial charge in [0.05, 0.1) is 0 Å². The van der Waals surface area contributed by atoms with E-state index in [-0.39, 0.29) is 5.75 Å². The molecule has 1 aromatic carbocycles. The Labute approximate surface area is 89.7 Å². The van der Waals surface area contributed by atoms with Gasteiger partial charge < -0.3 is 10.5 Å². The summed E-state index contributed by atoms with van der Waals surface area (Å²) < 4.78 is 22.4. The van der Waals surface area contributed by atoms with Gasteiger partial charge in [-0.2, -0.15) is 9.36 Å². The number of hydrogen-bond donors (Lipinski definition) is 1. The fourth-order valence-electron chi connectivity index (χ4n) is 1.01. The molecule has 1 heterocycles. The second-order valence-electron chi connectivity index (χ2n) is 2.90. The third-order valence-corrected chi connectivity index (χ3v) is 2.35. The molecule has 0 spiro atoms. The number of halogens is 1. The standard InChI is InChI=1S/C9H8FN3OS/c1-5-12-9(15-13-5)14-8-3-2-6(11)4-7(8)10/h2-4H,11H2,1H3. The molecule has 15 heavy (non-hydrogen) atoms. The van der Waals surface area contributed by atoms with E-state index in [0.717, 1.165) is 11.5 Å². The smallest absolute Gasteiger partial charge is 0.298 e. The zero-order valence-electron chi connectivity index (χ0n) is 7.90. The van der Waals surface area contributed by atoms with Gasteiger partial charge >= 0.3 is 0 Å². The van der Waals surface area contributed by atoms with E-state index in [0.29, 0.717) is 16.7 Å². The molecule has 4 nitrogen and oxygen atoms in total. The summed E-state index contributed by atoms with van der Waals surface area (Å²) in [5.74, 6) is 0.189. The average molecular weight is 225 g/mol. The van der Waals surface area contributed by atoms with Crippen molar-refractivity contribution in [2.24, 2.45) is 0 Å². The molecule has 0 aliphatic heterocycles. The van der Waals surface area contributed by atoms with E-state index in [2.05, 4.69) is 9.36 Å². The normalized spacial score (nSPS) is 10.3. The number of nitrogens with two attached hydrogens (primary N) is 1. The molecular formula is C9H8FN3OS.